The number of carbonyl (C=O) groups excluding carboxylic acids is 2. The van der Waals surface area contributed by atoms with Crippen molar-refractivity contribution in [1.82, 2.24) is 14.7 Å². The summed E-state index contributed by atoms with van der Waals surface area (Å²) in [6.07, 6.45) is -0.595. The van der Waals surface area contributed by atoms with Gasteiger partial charge in [-0.1, -0.05) is 42.5 Å². The first-order valence-corrected chi connectivity index (χ1v) is 10.7. The van der Waals surface area contributed by atoms with Crippen molar-refractivity contribution in [2.75, 3.05) is 6.61 Å². The molecular weight excluding hydrogens is 406 g/mol. The molecule has 1 aromatic heterocycles. The molecule has 0 aliphatic heterocycles. The molecule has 0 atom stereocenters. The van der Waals surface area contributed by atoms with E-state index in [1.165, 1.54) is 0 Å². The number of benzene rings is 2. The highest BCUT2D eigenvalue weighted by Gasteiger charge is 2.19. The van der Waals surface area contributed by atoms with Crippen molar-refractivity contribution in [3.8, 4) is 5.69 Å². The summed E-state index contributed by atoms with van der Waals surface area (Å²) in [5.74, 6) is -0.426. The number of amides is 1. The predicted octanol–water partition coefficient (Wildman–Crippen LogP) is 4.90. The fourth-order valence-corrected chi connectivity index (χ4v) is 3.32. The van der Waals surface area contributed by atoms with E-state index in [4.69, 9.17) is 9.47 Å². The van der Waals surface area contributed by atoms with Crippen molar-refractivity contribution in [3.63, 3.8) is 0 Å². The quantitative estimate of drug-likeness (QED) is 0.470. The molecule has 0 N–H and O–H groups in total. The van der Waals surface area contributed by atoms with Crippen LogP contribution in [0.1, 0.15) is 48.1 Å². The molecule has 0 unspecified atom stereocenters. The summed E-state index contributed by atoms with van der Waals surface area (Å²) in [7, 11) is 0. The maximum Gasteiger partial charge on any atom is 0.410 e. The van der Waals surface area contributed by atoms with E-state index in [1.807, 2.05) is 75.4 Å². The highest BCUT2D eigenvalue weighted by Crippen LogP contribution is 2.18. The van der Waals surface area contributed by atoms with Crippen molar-refractivity contribution in [1.29, 1.82) is 0 Å². The first-order valence-electron chi connectivity index (χ1n) is 10.7. The summed E-state index contributed by atoms with van der Waals surface area (Å²) < 4.78 is 12.2. The summed E-state index contributed by atoms with van der Waals surface area (Å²) in [5.41, 5.74) is 3.70. The normalized spacial score (nSPS) is 10.8. The highest BCUT2D eigenvalue weighted by atomic mass is 16.6. The fraction of sp³-hybridized carbons (Fsp3) is 0.320. The lowest BCUT2D eigenvalue weighted by atomic mass is 10.1. The van der Waals surface area contributed by atoms with E-state index in [2.05, 4.69) is 5.10 Å². The molecule has 3 aromatic rings. The minimum Gasteiger partial charge on any atom is -0.461 e. The number of carbonyl (C=O) groups is 2. The topological polar surface area (TPSA) is 73.7 Å². The minimum absolute atomic E-state index is 0.216. The van der Waals surface area contributed by atoms with E-state index in [0.717, 1.165) is 16.8 Å². The molecule has 0 bridgehead atoms. The number of aromatic nitrogens is 2. The monoisotopic (exact) mass is 435 g/mol. The standard InChI is InChI=1S/C25H29N3O4/c1-5-31-24(29)23-14-19(4)26-28(23)22-13-9-12-21(15-22)17-27(25(30)32-18(2)3)16-20-10-7-6-8-11-20/h6-15,18H,5,16-17H2,1-4H3. The highest BCUT2D eigenvalue weighted by molar-refractivity contribution is 5.88. The molecule has 2 aromatic carbocycles. The van der Waals surface area contributed by atoms with Crippen LogP contribution in [0, 0.1) is 6.92 Å². The molecular formula is C25H29N3O4. The Morgan fingerprint density at radius 3 is 2.38 bits per heavy atom. The molecule has 0 saturated carbocycles. The van der Waals surface area contributed by atoms with Crippen LogP contribution in [0.4, 0.5) is 4.79 Å². The van der Waals surface area contributed by atoms with Gasteiger partial charge in [0.05, 0.1) is 24.1 Å². The number of ether oxygens (including phenoxy) is 2. The number of hydrogen-bond acceptors (Lipinski definition) is 5. The summed E-state index contributed by atoms with van der Waals surface area (Å²) >= 11 is 0. The smallest absolute Gasteiger partial charge is 0.410 e. The Balaban J connectivity index is 1.88. The molecule has 0 radical (unpaired) electrons. The molecule has 7 heteroatoms. The molecule has 0 aliphatic rings. The molecule has 168 valence electrons. The second kappa shape index (κ2) is 10.6. The van der Waals surface area contributed by atoms with Gasteiger partial charge in [0.15, 0.2) is 5.69 Å². The third kappa shape index (κ3) is 5.97. The number of nitrogens with zero attached hydrogens (tertiary/aromatic N) is 3. The molecule has 0 spiro atoms. The number of hydrogen-bond donors (Lipinski definition) is 0. The average molecular weight is 436 g/mol. The SMILES string of the molecule is CCOC(=O)c1cc(C)nn1-c1cccc(CN(Cc2ccccc2)C(=O)OC(C)C)c1. The lowest BCUT2D eigenvalue weighted by molar-refractivity contribution is 0.0515. The van der Waals surface area contributed by atoms with Gasteiger partial charge in [0, 0.05) is 13.1 Å². The van der Waals surface area contributed by atoms with Crippen LogP contribution in [-0.4, -0.2) is 39.5 Å². The maximum atomic E-state index is 12.8. The van der Waals surface area contributed by atoms with Gasteiger partial charge in [0.2, 0.25) is 0 Å². The lowest BCUT2D eigenvalue weighted by Gasteiger charge is -2.24. The second-order valence-corrected chi connectivity index (χ2v) is 7.75. The molecule has 32 heavy (non-hydrogen) atoms. The largest absolute Gasteiger partial charge is 0.461 e. The van der Waals surface area contributed by atoms with Gasteiger partial charge in [0.25, 0.3) is 0 Å². The third-order valence-electron chi connectivity index (χ3n) is 4.66. The van der Waals surface area contributed by atoms with Gasteiger partial charge >= 0.3 is 12.1 Å². The van der Waals surface area contributed by atoms with Gasteiger partial charge in [-0.3, -0.25) is 4.90 Å². The Hall–Kier alpha value is -3.61. The van der Waals surface area contributed by atoms with E-state index in [1.54, 1.807) is 22.6 Å². The minimum atomic E-state index is -0.426. The van der Waals surface area contributed by atoms with Gasteiger partial charge in [0.1, 0.15) is 0 Å². The van der Waals surface area contributed by atoms with Crippen LogP contribution in [0.25, 0.3) is 5.69 Å². The van der Waals surface area contributed by atoms with Crippen LogP contribution in [0.3, 0.4) is 0 Å². The summed E-state index contributed by atoms with van der Waals surface area (Å²) in [4.78, 5) is 26.8. The van der Waals surface area contributed by atoms with Crippen LogP contribution in [0.2, 0.25) is 0 Å². The molecule has 3 rings (SSSR count). The van der Waals surface area contributed by atoms with Crippen LogP contribution >= 0.6 is 0 Å². The molecule has 1 heterocycles. The summed E-state index contributed by atoms with van der Waals surface area (Å²) in [5, 5.41) is 4.46. The molecule has 0 fully saturated rings. The summed E-state index contributed by atoms with van der Waals surface area (Å²) in [6, 6.07) is 19.1. The maximum absolute atomic E-state index is 12.8. The number of rotatable bonds is 8. The van der Waals surface area contributed by atoms with Crippen molar-refractivity contribution in [2.24, 2.45) is 0 Å². The Labute approximate surface area is 188 Å². The van der Waals surface area contributed by atoms with E-state index >= 15 is 0 Å². The molecule has 0 saturated heterocycles. The Morgan fingerprint density at radius 2 is 1.69 bits per heavy atom. The first kappa shape index (κ1) is 23.1. The van der Waals surface area contributed by atoms with Gasteiger partial charge in [-0.15, -0.1) is 0 Å². The van der Waals surface area contributed by atoms with Gasteiger partial charge < -0.3 is 9.47 Å². The predicted molar refractivity (Wildman–Crippen MR) is 122 cm³/mol. The van der Waals surface area contributed by atoms with Crippen LogP contribution in [0.5, 0.6) is 0 Å². The average Bonchev–Trinajstić information content (AvgIpc) is 3.16. The number of aryl methyl sites for hydroxylation is 1. The van der Waals surface area contributed by atoms with Crippen molar-refractivity contribution in [2.45, 2.75) is 46.9 Å². The summed E-state index contributed by atoms with van der Waals surface area (Å²) in [6.45, 7) is 8.31. The van der Waals surface area contributed by atoms with E-state index in [0.29, 0.717) is 24.5 Å². The van der Waals surface area contributed by atoms with E-state index in [-0.39, 0.29) is 18.8 Å². The van der Waals surface area contributed by atoms with Crippen LogP contribution in [-0.2, 0) is 22.6 Å². The molecule has 7 nitrogen and oxygen atoms in total. The third-order valence-corrected chi connectivity index (χ3v) is 4.66. The zero-order chi connectivity index (χ0) is 23.1. The van der Waals surface area contributed by atoms with E-state index < -0.39 is 5.97 Å². The lowest BCUT2D eigenvalue weighted by Crippen LogP contribution is -2.32. The van der Waals surface area contributed by atoms with Crippen molar-refractivity contribution < 1.29 is 19.1 Å². The first-order chi connectivity index (χ1) is 15.4. The van der Waals surface area contributed by atoms with Crippen LogP contribution < -0.4 is 0 Å². The zero-order valence-corrected chi connectivity index (χ0v) is 18.9. The molecule has 0 aliphatic carbocycles. The van der Waals surface area contributed by atoms with Gasteiger partial charge in [-0.2, -0.15) is 5.10 Å². The van der Waals surface area contributed by atoms with Gasteiger partial charge in [-0.05, 0) is 57.0 Å². The van der Waals surface area contributed by atoms with Crippen LogP contribution in [0.15, 0.2) is 60.7 Å². The van der Waals surface area contributed by atoms with Crippen molar-refractivity contribution >= 4 is 12.1 Å². The Bertz CT molecular complexity index is 1060. The Kier molecular flexibility index (Phi) is 7.65. The number of esters is 1. The Morgan fingerprint density at radius 1 is 1.00 bits per heavy atom. The van der Waals surface area contributed by atoms with Gasteiger partial charge in [-0.25, -0.2) is 14.3 Å². The second-order valence-electron chi connectivity index (χ2n) is 7.75. The fourth-order valence-electron chi connectivity index (χ4n) is 3.32. The van der Waals surface area contributed by atoms with E-state index in [9.17, 15) is 9.59 Å². The molecule has 1 amide bonds. The van der Waals surface area contributed by atoms with Crippen molar-refractivity contribution in [3.05, 3.63) is 83.2 Å². The zero-order valence-electron chi connectivity index (χ0n) is 18.9.